The minimum absolute atomic E-state index is 0.161. The van der Waals surface area contributed by atoms with Gasteiger partial charge < -0.3 is 19.3 Å². The summed E-state index contributed by atoms with van der Waals surface area (Å²) in [5.41, 5.74) is 2.06. The summed E-state index contributed by atoms with van der Waals surface area (Å²) in [6.45, 7) is 3.96. The SMILES string of the molecule is Cc1cc(C(=O)Nc2cc(C(=O)N(C)Cc3nccn3C)ccc2C)no1. The molecule has 0 fully saturated rings. The van der Waals surface area contributed by atoms with Gasteiger partial charge in [0.15, 0.2) is 5.69 Å². The zero-order valence-corrected chi connectivity index (χ0v) is 15.7. The molecule has 8 nitrogen and oxygen atoms in total. The molecule has 0 bridgehead atoms. The number of carbonyl (C=O) groups is 2. The van der Waals surface area contributed by atoms with E-state index in [9.17, 15) is 9.59 Å². The van der Waals surface area contributed by atoms with E-state index >= 15 is 0 Å². The van der Waals surface area contributed by atoms with Crippen LogP contribution in [-0.2, 0) is 13.6 Å². The lowest BCUT2D eigenvalue weighted by Crippen LogP contribution is -2.27. The van der Waals surface area contributed by atoms with Gasteiger partial charge in [-0.1, -0.05) is 11.2 Å². The van der Waals surface area contributed by atoms with Crippen LogP contribution in [0.25, 0.3) is 0 Å². The molecule has 3 rings (SSSR count). The fraction of sp³-hybridized carbons (Fsp3) is 0.263. The molecule has 2 heterocycles. The van der Waals surface area contributed by atoms with Gasteiger partial charge in [0.1, 0.15) is 11.6 Å². The summed E-state index contributed by atoms with van der Waals surface area (Å²) in [7, 11) is 3.60. The average molecular weight is 367 g/mol. The molecule has 0 saturated carbocycles. The van der Waals surface area contributed by atoms with E-state index in [4.69, 9.17) is 4.52 Å². The van der Waals surface area contributed by atoms with Gasteiger partial charge in [-0.3, -0.25) is 9.59 Å². The molecule has 0 radical (unpaired) electrons. The molecule has 140 valence electrons. The zero-order chi connectivity index (χ0) is 19.6. The van der Waals surface area contributed by atoms with Gasteiger partial charge in [0.2, 0.25) is 0 Å². The summed E-state index contributed by atoms with van der Waals surface area (Å²) in [6.07, 6.45) is 3.53. The predicted octanol–water partition coefficient (Wildman–Crippen LogP) is 2.55. The average Bonchev–Trinajstić information content (AvgIpc) is 3.25. The van der Waals surface area contributed by atoms with Crippen LogP contribution in [0, 0.1) is 13.8 Å². The molecule has 0 spiro atoms. The number of carbonyl (C=O) groups excluding carboxylic acids is 2. The van der Waals surface area contributed by atoms with E-state index < -0.39 is 0 Å². The fourth-order valence-corrected chi connectivity index (χ4v) is 2.60. The number of hydrogen-bond acceptors (Lipinski definition) is 5. The Morgan fingerprint density at radius 2 is 2.04 bits per heavy atom. The van der Waals surface area contributed by atoms with E-state index in [2.05, 4.69) is 15.5 Å². The lowest BCUT2D eigenvalue weighted by Gasteiger charge is -2.18. The third-order valence-corrected chi connectivity index (χ3v) is 4.24. The van der Waals surface area contributed by atoms with Crippen LogP contribution >= 0.6 is 0 Å². The standard InChI is InChI=1S/C19H21N5O3/c1-12-5-6-14(19(26)24(4)11-17-20-7-8-23(17)3)10-15(12)21-18(25)16-9-13(2)27-22-16/h5-10H,11H2,1-4H3,(H,21,25). The normalized spacial score (nSPS) is 10.7. The molecule has 27 heavy (non-hydrogen) atoms. The Labute approximate surface area is 156 Å². The maximum atomic E-state index is 12.8. The number of rotatable bonds is 5. The van der Waals surface area contributed by atoms with Gasteiger partial charge in [-0.05, 0) is 31.5 Å². The second-order valence-corrected chi connectivity index (χ2v) is 6.42. The lowest BCUT2D eigenvalue weighted by molar-refractivity contribution is 0.0780. The summed E-state index contributed by atoms with van der Waals surface area (Å²) in [5.74, 6) is 0.788. The van der Waals surface area contributed by atoms with Gasteiger partial charge >= 0.3 is 0 Å². The van der Waals surface area contributed by atoms with E-state index in [1.807, 2.05) is 24.7 Å². The number of aryl methyl sites for hydroxylation is 3. The number of nitrogens with one attached hydrogen (secondary N) is 1. The van der Waals surface area contributed by atoms with Gasteiger partial charge in [-0.2, -0.15) is 0 Å². The Morgan fingerprint density at radius 3 is 2.67 bits per heavy atom. The number of aromatic nitrogens is 3. The number of hydrogen-bond donors (Lipinski definition) is 1. The summed E-state index contributed by atoms with van der Waals surface area (Å²) < 4.78 is 6.79. The van der Waals surface area contributed by atoms with Crippen LogP contribution in [0.5, 0.6) is 0 Å². The van der Waals surface area contributed by atoms with Gasteiger partial charge in [0.25, 0.3) is 11.8 Å². The van der Waals surface area contributed by atoms with Crippen molar-refractivity contribution in [2.45, 2.75) is 20.4 Å². The molecule has 0 aliphatic carbocycles. The first-order valence-electron chi connectivity index (χ1n) is 8.42. The monoisotopic (exact) mass is 367 g/mol. The maximum Gasteiger partial charge on any atom is 0.277 e. The number of nitrogens with zero attached hydrogens (tertiary/aromatic N) is 4. The quantitative estimate of drug-likeness (QED) is 0.748. The molecule has 3 aromatic rings. The van der Waals surface area contributed by atoms with E-state index in [0.29, 0.717) is 23.6 Å². The molecule has 2 amide bonds. The highest BCUT2D eigenvalue weighted by atomic mass is 16.5. The van der Waals surface area contributed by atoms with Crippen molar-refractivity contribution in [3.05, 3.63) is 65.1 Å². The van der Waals surface area contributed by atoms with Crippen molar-refractivity contribution in [1.82, 2.24) is 19.6 Å². The van der Waals surface area contributed by atoms with Gasteiger partial charge in [-0.15, -0.1) is 0 Å². The van der Waals surface area contributed by atoms with Crippen LogP contribution in [0.3, 0.4) is 0 Å². The van der Waals surface area contributed by atoms with Crippen LogP contribution in [0.4, 0.5) is 5.69 Å². The second kappa shape index (κ2) is 7.45. The van der Waals surface area contributed by atoms with Gasteiger partial charge in [-0.25, -0.2) is 4.98 Å². The van der Waals surface area contributed by atoms with Crippen molar-refractivity contribution < 1.29 is 14.1 Å². The van der Waals surface area contributed by atoms with Crippen molar-refractivity contribution in [3.8, 4) is 0 Å². The van der Waals surface area contributed by atoms with Gasteiger partial charge in [0.05, 0.1) is 6.54 Å². The third-order valence-electron chi connectivity index (χ3n) is 4.24. The van der Waals surface area contributed by atoms with Gasteiger partial charge in [0, 0.05) is 43.8 Å². The minimum atomic E-state index is -0.388. The summed E-state index contributed by atoms with van der Waals surface area (Å²) in [5, 5.41) is 6.49. The number of amides is 2. The largest absolute Gasteiger partial charge is 0.361 e. The second-order valence-electron chi connectivity index (χ2n) is 6.42. The first-order valence-corrected chi connectivity index (χ1v) is 8.42. The topological polar surface area (TPSA) is 93.3 Å². The van der Waals surface area contributed by atoms with Crippen molar-refractivity contribution in [3.63, 3.8) is 0 Å². The zero-order valence-electron chi connectivity index (χ0n) is 15.7. The summed E-state index contributed by atoms with van der Waals surface area (Å²) >= 11 is 0. The molecule has 0 aliphatic heterocycles. The Kier molecular flexibility index (Phi) is 5.07. The van der Waals surface area contributed by atoms with Crippen molar-refractivity contribution in [1.29, 1.82) is 0 Å². The third kappa shape index (κ3) is 4.05. The highest BCUT2D eigenvalue weighted by molar-refractivity contribution is 6.04. The predicted molar refractivity (Wildman–Crippen MR) is 99.4 cm³/mol. The Balaban J connectivity index is 1.76. The number of imidazole rings is 1. The minimum Gasteiger partial charge on any atom is -0.361 e. The highest BCUT2D eigenvalue weighted by Gasteiger charge is 2.17. The first kappa shape index (κ1) is 18.4. The molecule has 0 atom stereocenters. The Bertz CT molecular complexity index is 989. The van der Waals surface area contributed by atoms with Crippen LogP contribution in [0.2, 0.25) is 0 Å². The van der Waals surface area contributed by atoms with Crippen LogP contribution < -0.4 is 5.32 Å². The van der Waals surface area contributed by atoms with Crippen molar-refractivity contribution in [2.75, 3.05) is 12.4 Å². The highest BCUT2D eigenvalue weighted by Crippen LogP contribution is 2.19. The van der Waals surface area contributed by atoms with Crippen LogP contribution in [0.1, 0.15) is 38.0 Å². The maximum absolute atomic E-state index is 12.8. The van der Waals surface area contributed by atoms with E-state index in [-0.39, 0.29) is 17.5 Å². The van der Waals surface area contributed by atoms with Crippen molar-refractivity contribution in [2.24, 2.45) is 7.05 Å². The molecule has 1 aromatic carbocycles. The number of benzene rings is 1. The molecule has 0 unspecified atom stereocenters. The van der Waals surface area contributed by atoms with Crippen LogP contribution in [-0.4, -0.2) is 38.5 Å². The molecule has 8 heteroatoms. The van der Waals surface area contributed by atoms with E-state index in [1.54, 1.807) is 49.3 Å². The molecule has 2 aromatic heterocycles. The Hall–Kier alpha value is -3.42. The summed E-state index contributed by atoms with van der Waals surface area (Å²) in [4.78, 5) is 30.9. The lowest BCUT2D eigenvalue weighted by atomic mass is 10.1. The fourth-order valence-electron chi connectivity index (χ4n) is 2.60. The van der Waals surface area contributed by atoms with Crippen molar-refractivity contribution >= 4 is 17.5 Å². The molecular weight excluding hydrogens is 346 g/mol. The molecule has 0 aliphatic rings. The Morgan fingerprint density at radius 1 is 1.26 bits per heavy atom. The molecule has 0 saturated heterocycles. The molecular formula is C19H21N5O3. The van der Waals surface area contributed by atoms with E-state index in [0.717, 1.165) is 11.4 Å². The number of anilines is 1. The summed E-state index contributed by atoms with van der Waals surface area (Å²) in [6, 6.07) is 6.76. The van der Waals surface area contributed by atoms with Crippen LogP contribution in [0.15, 0.2) is 41.2 Å². The van der Waals surface area contributed by atoms with E-state index in [1.165, 1.54) is 0 Å². The smallest absolute Gasteiger partial charge is 0.277 e. The first-order chi connectivity index (χ1) is 12.8. The molecule has 1 N–H and O–H groups in total.